The van der Waals surface area contributed by atoms with Gasteiger partial charge in [-0.05, 0) is 24.5 Å². The van der Waals surface area contributed by atoms with Crippen LogP contribution in [0.2, 0.25) is 0 Å². The van der Waals surface area contributed by atoms with Gasteiger partial charge < -0.3 is 9.64 Å². The molecule has 0 saturated carbocycles. The predicted molar refractivity (Wildman–Crippen MR) is 68.1 cm³/mol. The van der Waals surface area contributed by atoms with Crippen molar-refractivity contribution in [2.45, 2.75) is 25.3 Å². The van der Waals surface area contributed by atoms with Crippen molar-refractivity contribution in [3.8, 4) is 0 Å². The number of carbonyl (C=O) groups is 1. The van der Waals surface area contributed by atoms with Crippen molar-refractivity contribution in [2.24, 2.45) is 0 Å². The Hall–Kier alpha value is -1.95. The van der Waals surface area contributed by atoms with Crippen LogP contribution in [0.5, 0.6) is 0 Å². The second-order valence-electron chi connectivity index (χ2n) is 4.85. The normalized spacial score (nSPS) is 19.6. The lowest BCUT2D eigenvalue weighted by molar-refractivity contribution is -0.384. The van der Waals surface area contributed by atoms with Crippen LogP contribution in [0.15, 0.2) is 18.2 Å². The molecule has 1 saturated heterocycles. The van der Waals surface area contributed by atoms with E-state index in [1.54, 1.807) is 11.0 Å². The average molecular weight is 262 g/mol. The molecule has 2 aliphatic heterocycles. The summed E-state index contributed by atoms with van der Waals surface area (Å²) in [6.07, 6.45) is 1.90. The highest BCUT2D eigenvalue weighted by Gasteiger charge is 2.34. The van der Waals surface area contributed by atoms with Crippen LogP contribution in [-0.4, -0.2) is 30.1 Å². The number of benzene rings is 1. The van der Waals surface area contributed by atoms with Gasteiger partial charge in [0.25, 0.3) is 5.69 Å². The molecule has 0 unspecified atom stereocenters. The van der Waals surface area contributed by atoms with Crippen molar-refractivity contribution in [3.63, 3.8) is 0 Å². The van der Waals surface area contributed by atoms with Crippen molar-refractivity contribution >= 4 is 17.3 Å². The summed E-state index contributed by atoms with van der Waals surface area (Å²) in [5.74, 6) is 0.0300. The van der Waals surface area contributed by atoms with Gasteiger partial charge in [-0.3, -0.25) is 14.9 Å². The highest BCUT2D eigenvalue weighted by Crippen LogP contribution is 2.35. The van der Waals surface area contributed by atoms with E-state index in [1.165, 1.54) is 12.1 Å². The third-order valence-corrected chi connectivity index (χ3v) is 3.70. The maximum Gasteiger partial charge on any atom is 0.269 e. The second-order valence-corrected chi connectivity index (χ2v) is 4.85. The van der Waals surface area contributed by atoms with E-state index in [9.17, 15) is 14.9 Å². The summed E-state index contributed by atoms with van der Waals surface area (Å²) in [5, 5.41) is 10.8. The van der Waals surface area contributed by atoms with Crippen LogP contribution in [0, 0.1) is 10.1 Å². The van der Waals surface area contributed by atoms with Crippen molar-refractivity contribution in [3.05, 3.63) is 33.9 Å². The second kappa shape index (κ2) is 4.62. The zero-order valence-corrected chi connectivity index (χ0v) is 10.4. The van der Waals surface area contributed by atoms with E-state index in [2.05, 4.69) is 0 Å². The molecule has 1 fully saturated rings. The molecule has 6 nitrogen and oxygen atoms in total. The molecule has 6 heteroatoms. The fraction of sp³-hybridized carbons (Fsp3) is 0.462. The molecule has 1 amide bonds. The summed E-state index contributed by atoms with van der Waals surface area (Å²) in [7, 11) is 0. The minimum Gasteiger partial charge on any atom is -0.381 e. The largest absolute Gasteiger partial charge is 0.381 e. The van der Waals surface area contributed by atoms with E-state index in [1.807, 2.05) is 0 Å². The third kappa shape index (κ3) is 2.08. The van der Waals surface area contributed by atoms with Crippen LogP contribution in [0.3, 0.4) is 0 Å². The molecule has 0 spiro atoms. The molecule has 0 bridgehead atoms. The number of carbonyl (C=O) groups excluding carboxylic acids is 1. The van der Waals surface area contributed by atoms with Crippen LogP contribution < -0.4 is 4.90 Å². The number of amides is 1. The van der Waals surface area contributed by atoms with Crippen LogP contribution in [-0.2, 0) is 16.0 Å². The number of nitro benzene ring substituents is 1. The van der Waals surface area contributed by atoms with E-state index < -0.39 is 4.92 Å². The van der Waals surface area contributed by atoms with Gasteiger partial charge in [0.05, 0.1) is 11.3 Å². The lowest BCUT2D eigenvalue weighted by Crippen LogP contribution is -2.41. The van der Waals surface area contributed by atoms with E-state index in [-0.39, 0.29) is 24.1 Å². The first kappa shape index (κ1) is 12.1. The molecule has 100 valence electrons. The number of nitro groups is 1. The lowest BCUT2D eigenvalue weighted by atomic mass is 10.1. The zero-order chi connectivity index (χ0) is 13.4. The number of fused-ring (bicyclic) bond motifs is 1. The fourth-order valence-electron chi connectivity index (χ4n) is 2.79. The number of rotatable bonds is 2. The number of nitrogens with zero attached hydrogens (tertiary/aromatic N) is 2. The smallest absolute Gasteiger partial charge is 0.269 e. The van der Waals surface area contributed by atoms with Crippen molar-refractivity contribution in [1.29, 1.82) is 0 Å². The summed E-state index contributed by atoms with van der Waals surface area (Å²) in [6, 6.07) is 4.81. The summed E-state index contributed by atoms with van der Waals surface area (Å²) >= 11 is 0. The number of ether oxygens (including phenoxy) is 1. The molecule has 1 aromatic rings. The number of non-ortho nitro benzene ring substituents is 1. The van der Waals surface area contributed by atoms with Gasteiger partial charge >= 0.3 is 0 Å². The van der Waals surface area contributed by atoms with Crippen molar-refractivity contribution in [2.75, 3.05) is 18.1 Å². The predicted octanol–water partition coefficient (Wildman–Crippen LogP) is 1.66. The summed E-state index contributed by atoms with van der Waals surface area (Å²) < 4.78 is 5.31. The molecule has 1 aromatic carbocycles. The zero-order valence-electron chi connectivity index (χ0n) is 10.4. The molecule has 2 aliphatic rings. The molecule has 0 radical (unpaired) electrons. The first-order chi connectivity index (χ1) is 9.16. The van der Waals surface area contributed by atoms with Gasteiger partial charge in [0.15, 0.2) is 0 Å². The van der Waals surface area contributed by atoms with E-state index >= 15 is 0 Å². The molecule has 0 N–H and O–H groups in total. The average Bonchev–Trinajstić information content (AvgIpc) is 2.74. The van der Waals surface area contributed by atoms with Gasteiger partial charge in [0.2, 0.25) is 5.91 Å². The number of hydrogen-bond donors (Lipinski definition) is 0. The Morgan fingerprint density at radius 2 is 2.05 bits per heavy atom. The monoisotopic (exact) mass is 262 g/mol. The highest BCUT2D eigenvalue weighted by atomic mass is 16.6. The Bertz CT molecular complexity index is 537. The summed E-state index contributed by atoms with van der Waals surface area (Å²) in [6.45, 7) is 1.33. The van der Waals surface area contributed by atoms with Gasteiger partial charge in [-0.15, -0.1) is 0 Å². The number of anilines is 1. The van der Waals surface area contributed by atoms with Crippen molar-refractivity contribution < 1.29 is 14.5 Å². The Balaban J connectivity index is 1.93. The van der Waals surface area contributed by atoms with Gasteiger partial charge in [-0.1, -0.05) is 0 Å². The van der Waals surface area contributed by atoms with Crippen molar-refractivity contribution in [1.82, 2.24) is 0 Å². The van der Waals surface area contributed by atoms with Crippen LogP contribution in [0.25, 0.3) is 0 Å². The minimum atomic E-state index is -0.429. The highest BCUT2D eigenvalue weighted by molar-refractivity contribution is 6.02. The first-order valence-corrected chi connectivity index (χ1v) is 6.34. The Morgan fingerprint density at radius 1 is 1.32 bits per heavy atom. The standard InChI is InChI=1S/C13H14N2O4/c16-13-8-9-7-11(15(17)18)1-2-12(9)14(13)10-3-5-19-6-4-10/h1-2,7,10H,3-6,8H2. The van der Waals surface area contributed by atoms with Crippen LogP contribution >= 0.6 is 0 Å². The molecular weight excluding hydrogens is 248 g/mol. The maximum absolute atomic E-state index is 12.1. The molecule has 2 heterocycles. The topological polar surface area (TPSA) is 72.7 Å². The lowest BCUT2D eigenvalue weighted by Gasteiger charge is -2.31. The van der Waals surface area contributed by atoms with E-state index in [0.717, 1.165) is 24.1 Å². The molecule has 3 rings (SSSR count). The van der Waals surface area contributed by atoms with E-state index in [0.29, 0.717) is 13.2 Å². The quantitative estimate of drug-likeness (QED) is 0.600. The minimum absolute atomic E-state index is 0.0300. The third-order valence-electron chi connectivity index (χ3n) is 3.70. The SMILES string of the molecule is O=C1Cc2cc([N+](=O)[O-])ccc2N1C1CCOCC1. The number of hydrogen-bond acceptors (Lipinski definition) is 4. The Labute approximate surface area is 110 Å². The van der Waals surface area contributed by atoms with Crippen LogP contribution in [0.4, 0.5) is 11.4 Å². The Kier molecular flexibility index (Phi) is 2.94. The molecule has 19 heavy (non-hydrogen) atoms. The summed E-state index contributed by atoms with van der Waals surface area (Å²) in [5.41, 5.74) is 1.62. The molecular formula is C13H14N2O4. The molecule has 0 aromatic heterocycles. The molecule has 0 aliphatic carbocycles. The summed E-state index contributed by atoms with van der Waals surface area (Å²) in [4.78, 5) is 24.2. The van der Waals surface area contributed by atoms with Gasteiger partial charge in [-0.2, -0.15) is 0 Å². The Morgan fingerprint density at radius 3 is 2.74 bits per heavy atom. The maximum atomic E-state index is 12.1. The van der Waals surface area contributed by atoms with Gasteiger partial charge in [0.1, 0.15) is 0 Å². The van der Waals surface area contributed by atoms with E-state index in [4.69, 9.17) is 4.74 Å². The molecule has 0 atom stereocenters. The van der Waals surface area contributed by atoms with Gasteiger partial charge in [-0.25, -0.2) is 0 Å². The first-order valence-electron chi connectivity index (χ1n) is 6.34. The fourth-order valence-corrected chi connectivity index (χ4v) is 2.79. The van der Waals surface area contributed by atoms with Gasteiger partial charge in [0, 0.05) is 37.1 Å². The van der Waals surface area contributed by atoms with Crippen LogP contribution in [0.1, 0.15) is 18.4 Å².